The Bertz CT molecular complexity index is 850. The van der Waals surface area contributed by atoms with E-state index in [0.29, 0.717) is 11.4 Å². The van der Waals surface area contributed by atoms with Crippen molar-refractivity contribution in [2.45, 2.75) is 5.03 Å². The van der Waals surface area contributed by atoms with Crippen LogP contribution >= 0.6 is 11.8 Å². The Hall–Kier alpha value is -2.73. The number of carbonyl (C=O) groups is 1. The predicted octanol–water partition coefficient (Wildman–Crippen LogP) is 3.63. The second-order valence-electron chi connectivity index (χ2n) is 4.76. The number of rotatable bonds is 4. The fourth-order valence-electron chi connectivity index (χ4n) is 2.24. The van der Waals surface area contributed by atoms with E-state index in [2.05, 4.69) is 15.2 Å². The topological polar surface area (TPSA) is 76.0 Å². The van der Waals surface area contributed by atoms with Crippen molar-refractivity contribution in [3.05, 3.63) is 60.3 Å². The maximum Gasteiger partial charge on any atom is 0.336 e. The molecule has 23 heavy (non-hydrogen) atoms. The molecule has 0 atom stereocenters. The maximum absolute atomic E-state index is 11.4. The first kappa shape index (κ1) is 15.2. The molecule has 0 radical (unpaired) electrons. The summed E-state index contributed by atoms with van der Waals surface area (Å²) < 4.78 is 0. The van der Waals surface area contributed by atoms with Crippen molar-refractivity contribution in [2.75, 3.05) is 6.26 Å². The molecule has 1 N–H and O–H groups in total. The molecular formula is C17H13N3O2S. The molecule has 0 aliphatic rings. The quantitative estimate of drug-likeness (QED) is 0.739. The van der Waals surface area contributed by atoms with Gasteiger partial charge in [-0.05, 0) is 29.5 Å². The number of nitrogens with zero attached hydrogens (tertiary/aromatic N) is 3. The van der Waals surface area contributed by atoms with Gasteiger partial charge in [-0.3, -0.25) is 0 Å². The summed E-state index contributed by atoms with van der Waals surface area (Å²) in [6.45, 7) is 0. The fourth-order valence-corrected chi connectivity index (χ4v) is 2.52. The van der Waals surface area contributed by atoms with Crippen LogP contribution in [0.3, 0.4) is 0 Å². The van der Waals surface area contributed by atoms with Gasteiger partial charge in [0, 0.05) is 5.56 Å². The zero-order valence-corrected chi connectivity index (χ0v) is 13.1. The van der Waals surface area contributed by atoms with Gasteiger partial charge < -0.3 is 5.11 Å². The molecule has 1 aromatic heterocycles. The van der Waals surface area contributed by atoms with E-state index in [1.165, 1.54) is 11.8 Å². The first-order chi connectivity index (χ1) is 11.2. The van der Waals surface area contributed by atoms with E-state index in [4.69, 9.17) is 0 Å². The highest BCUT2D eigenvalue weighted by Gasteiger charge is 2.12. The minimum atomic E-state index is -0.951. The zero-order valence-electron chi connectivity index (χ0n) is 12.3. The molecule has 0 fully saturated rings. The standard InChI is InChI=1S/C17H13N3O2S/c1-23-15-10-18-16(20-19-15)12-6-4-5-11(9-12)13-7-2-3-8-14(13)17(21)22/h2-10H,1H3,(H,21,22). The van der Waals surface area contributed by atoms with Gasteiger partial charge in [0.1, 0.15) is 5.03 Å². The van der Waals surface area contributed by atoms with Gasteiger partial charge in [-0.1, -0.05) is 36.4 Å². The molecule has 0 saturated heterocycles. The number of benzene rings is 2. The van der Waals surface area contributed by atoms with Crippen LogP contribution in [0.4, 0.5) is 0 Å². The largest absolute Gasteiger partial charge is 0.478 e. The summed E-state index contributed by atoms with van der Waals surface area (Å²) >= 11 is 1.48. The maximum atomic E-state index is 11.4. The number of hydrogen-bond acceptors (Lipinski definition) is 5. The molecule has 3 rings (SSSR count). The molecule has 3 aromatic rings. The first-order valence-corrected chi connectivity index (χ1v) is 8.08. The van der Waals surface area contributed by atoms with Gasteiger partial charge in [-0.15, -0.1) is 22.0 Å². The number of aromatic nitrogens is 3. The average Bonchev–Trinajstić information content (AvgIpc) is 2.62. The zero-order chi connectivity index (χ0) is 16.2. The predicted molar refractivity (Wildman–Crippen MR) is 89.4 cm³/mol. The Labute approximate surface area is 137 Å². The molecule has 0 spiro atoms. The van der Waals surface area contributed by atoms with Crippen molar-refractivity contribution < 1.29 is 9.90 Å². The Morgan fingerprint density at radius 1 is 1.04 bits per heavy atom. The van der Waals surface area contributed by atoms with Crippen LogP contribution in [0.2, 0.25) is 0 Å². The van der Waals surface area contributed by atoms with Gasteiger partial charge in [-0.2, -0.15) is 0 Å². The van der Waals surface area contributed by atoms with E-state index in [9.17, 15) is 9.90 Å². The average molecular weight is 323 g/mol. The highest BCUT2D eigenvalue weighted by Crippen LogP contribution is 2.27. The monoisotopic (exact) mass is 323 g/mol. The van der Waals surface area contributed by atoms with Crippen LogP contribution in [0.25, 0.3) is 22.5 Å². The molecule has 0 saturated carbocycles. The number of thioether (sulfide) groups is 1. The van der Waals surface area contributed by atoms with Crippen molar-refractivity contribution in [1.29, 1.82) is 0 Å². The molecule has 0 amide bonds. The van der Waals surface area contributed by atoms with Crippen LogP contribution in [0.5, 0.6) is 0 Å². The molecular weight excluding hydrogens is 310 g/mol. The third-order valence-corrected chi connectivity index (χ3v) is 3.94. The molecule has 0 unspecified atom stereocenters. The van der Waals surface area contributed by atoms with Gasteiger partial charge in [0.25, 0.3) is 0 Å². The minimum Gasteiger partial charge on any atom is -0.478 e. The van der Waals surface area contributed by atoms with Crippen LogP contribution in [0.15, 0.2) is 59.8 Å². The van der Waals surface area contributed by atoms with Gasteiger partial charge in [0.05, 0.1) is 11.8 Å². The van der Waals surface area contributed by atoms with Crippen molar-refractivity contribution >= 4 is 17.7 Å². The van der Waals surface area contributed by atoms with E-state index in [-0.39, 0.29) is 5.56 Å². The minimum absolute atomic E-state index is 0.265. The van der Waals surface area contributed by atoms with Crippen molar-refractivity contribution in [3.63, 3.8) is 0 Å². The third-order valence-electron chi connectivity index (χ3n) is 3.34. The van der Waals surface area contributed by atoms with Gasteiger partial charge in [0.15, 0.2) is 5.82 Å². The van der Waals surface area contributed by atoms with Crippen molar-refractivity contribution in [2.24, 2.45) is 0 Å². The Morgan fingerprint density at radius 2 is 1.83 bits per heavy atom. The van der Waals surface area contributed by atoms with Crippen LogP contribution in [-0.2, 0) is 0 Å². The molecule has 2 aromatic carbocycles. The highest BCUT2D eigenvalue weighted by molar-refractivity contribution is 7.98. The summed E-state index contributed by atoms with van der Waals surface area (Å²) in [5.74, 6) is -0.439. The smallest absolute Gasteiger partial charge is 0.336 e. The van der Waals surface area contributed by atoms with E-state index in [1.54, 1.807) is 24.4 Å². The molecule has 6 heteroatoms. The second kappa shape index (κ2) is 6.58. The molecule has 1 heterocycles. The van der Waals surface area contributed by atoms with Crippen LogP contribution in [-0.4, -0.2) is 32.5 Å². The Balaban J connectivity index is 2.05. The van der Waals surface area contributed by atoms with Crippen LogP contribution in [0, 0.1) is 0 Å². The van der Waals surface area contributed by atoms with Crippen molar-refractivity contribution in [3.8, 4) is 22.5 Å². The van der Waals surface area contributed by atoms with Gasteiger partial charge in [0.2, 0.25) is 0 Å². The number of hydrogen-bond donors (Lipinski definition) is 1. The second-order valence-corrected chi connectivity index (χ2v) is 5.58. The van der Waals surface area contributed by atoms with E-state index in [1.807, 2.05) is 36.6 Å². The van der Waals surface area contributed by atoms with Gasteiger partial charge in [-0.25, -0.2) is 9.78 Å². The van der Waals surface area contributed by atoms with E-state index < -0.39 is 5.97 Å². The third kappa shape index (κ3) is 3.22. The number of carboxylic acid groups (broad SMARTS) is 1. The van der Waals surface area contributed by atoms with Crippen LogP contribution in [0.1, 0.15) is 10.4 Å². The lowest BCUT2D eigenvalue weighted by molar-refractivity contribution is 0.0697. The summed E-state index contributed by atoms with van der Waals surface area (Å²) in [5, 5.41) is 18.3. The normalized spacial score (nSPS) is 10.5. The lowest BCUT2D eigenvalue weighted by Gasteiger charge is -2.08. The summed E-state index contributed by atoms with van der Waals surface area (Å²) in [7, 11) is 0. The highest BCUT2D eigenvalue weighted by atomic mass is 32.2. The molecule has 0 bridgehead atoms. The van der Waals surface area contributed by atoms with E-state index >= 15 is 0 Å². The summed E-state index contributed by atoms with van der Waals surface area (Å²) in [5.41, 5.74) is 2.53. The lowest BCUT2D eigenvalue weighted by atomic mass is 9.98. The summed E-state index contributed by atoms with van der Waals surface area (Å²) in [6.07, 6.45) is 3.58. The van der Waals surface area contributed by atoms with Crippen molar-refractivity contribution in [1.82, 2.24) is 15.2 Å². The van der Waals surface area contributed by atoms with Gasteiger partial charge >= 0.3 is 5.97 Å². The molecule has 5 nitrogen and oxygen atoms in total. The Kier molecular flexibility index (Phi) is 4.34. The first-order valence-electron chi connectivity index (χ1n) is 6.86. The van der Waals surface area contributed by atoms with Crippen LogP contribution < -0.4 is 0 Å². The fraction of sp³-hybridized carbons (Fsp3) is 0.0588. The van der Waals surface area contributed by atoms with E-state index in [0.717, 1.165) is 16.2 Å². The summed E-state index contributed by atoms with van der Waals surface area (Å²) in [4.78, 5) is 15.7. The number of aromatic carboxylic acids is 1. The molecule has 0 aliphatic carbocycles. The number of carboxylic acids is 1. The SMILES string of the molecule is CSc1cnc(-c2cccc(-c3ccccc3C(=O)O)c2)nn1. The summed E-state index contributed by atoms with van der Waals surface area (Å²) in [6, 6.07) is 14.4. The Morgan fingerprint density at radius 3 is 2.52 bits per heavy atom. The molecule has 0 aliphatic heterocycles. The lowest BCUT2D eigenvalue weighted by Crippen LogP contribution is -1.99. The molecule has 114 valence electrons.